The summed E-state index contributed by atoms with van der Waals surface area (Å²) in [5.41, 5.74) is 0.263. The molecular formula is C10H8ClNO2. The Hall–Kier alpha value is -1.53. The third kappa shape index (κ3) is 2.48. The number of esters is 1. The van der Waals surface area contributed by atoms with E-state index in [0.717, 1.165) is 0 Å². The fourth-order valence-electron chi connectivity index (χ4n) is 0.873. The van der Waals surface area contributed by atoms with Gasteiger partial charge in [0.25, 0.3) is 0 Å². The average molecular weight is 210 g/mol. The zero-order valence-electron chi connectivity index (χ0n) is 7.58. The monoisotopic (exact) mass is 209 g/mol. The molecule has 4 heteroatoms. The predicted molar refractivity (Wildman–Crippen MR) is 52.1 cm³/mol. The molecular weight excluding hydrogens is 202 g/mol. The lowest BCUT2D eigenvalue weighted by atomic mass is 10.2. The normalized spacial score (nSPS) is 9.21. The number of ether oxygens (including phenoxy) is 1. The largest absolute Gasteiger partial charge is 0.425 e. The molecule has 0 aliphatic heterocycles. The van der Waals surface area contributed by atoms with Gasteiger partial charge in [0.2, 0.25) is 0 Å². The highest BCUT2D eigenvalue weighted by Gasteiger charge is 2.07. The average Bonchev–Trinajstić information content (AvgIpc) is 2.20. The topological polar surface area (TPSA) is 50.1 Å². The lowest BCUT2D eigenvalue weighted by molar-refractivity contribution is -0.134. The van der Waals surface area contributed by atoms with Crippen LogP contribution in [0.15, 0.2) is 18.2 Å². The number of rotatable bonds is 2. The molecule has 1 aromatic carbocycles. The van der Waals surface area contributed by atoms with E-state index < -0.39 is 0 Å². The van der Waals surface area contributed by atoms with Crippen LogP contribution >= 0.6 is 11.6 Å². The van der Waals surface area contributed by atoms with Gasteiger partial charge in [-0.2, -0.15) is 5.26 Å². The maximum absolute atomic E-state index is 11.0. The lowest BCUT2D eigenvalue weighted by Gasteiger charge is -2.04. The smallest absolute Gasteiger partial charge is 0.310 e. The van der Waals surface area contributed by atoms with Gasteiger partial charge in [-0.05, 0) is 18.2 Å². The molecule has 0 heterocycles. The molecule has 3 nitrogen and oxygen atoms in total. The Bertz CT molecular complexity index is 396. The Morgan fingerprint density at radius 2 is 2.36 bits per heavy atom. The SMILES string of the molecule is CCC(=O)Oc1ccc(Cl)cc1C#N. The molecule has 0 amide bonds. The molecule has 0 unspecified atom stereocenters. The summed E-state index contributed by atoms with van der Waals surface area (Å²) in [6.07, 6.45) is 0.271. The maximum Gasteiger partial charge on any atom is 0.310 e. The maximum atomic E-state index is 11.0. The van der Waals surface area contributed by atoms with E-state index in [9.17, 15) is 4.79 Å². The van der Waals surface area contributed by atoms with Crippen molar-refractivity contribution in [2.75, 3.05) is 0 Å². The molecule has 14 heavy (non-hydrogen) atoms. The Morgan fingerprint density at radius 3 is 2.93 bits per heavy atom. The van der Waals surface area contributed by atoms with Crippen molar-refractivity contribution in [3.05, 3.63) is 28.8 Å². The van der Waals surface area contributed by atoms with Crippen LogP contribution in [0.1, 0.15) is 18.9 Å². The Morgan fingerprint density at radius 1 is 1.64 bits per heavy atom. The summed E-state index contributed by atoms with van der Waals surface area (Å²) >= 11 is 5.67. The van der Waals surface area contributed by atoms with Crippen LogP contribution in [0.5, 0.6) is 5.75 Å². The number of carbonyl (C=O) groups excluding carboxylic acids is 1. The number of nitriles is 1. The molecule has 0 fully saturated rings. The van der Waals surface area contributed by atoms with Gasteiger partial charge < -0.3 is 4.74 Å². The predicted octanol–water partition coefficient (Wildman–Crippen LogP) is 2.53. The Kier molecular flexibility index (Phi) is 3.49. The van der Waals surface area contributed by atoms with Crippen LogP contribution in [0.3, 0.4) is 0 Å². The van der Waals surface area contributed by atoms with Crippen LogP contribution in [0.4, 0.5) is 0 Å². The van der Waals surface area contributed by atoms with E-state index in [0.29, 0.717) is 5.02 Å². The summed E-state index contributed by atoms with van der Waals surface area (Å²) < 4.78 is 4.92. The molecule has 0 radical (unpaired) electrons. The molecule has 0 saturated carbocycles. The molecule has 0 spiro atoms. The summed E-state index contributed by atoms with van der Waals surface area (Å²) in [7, 11) is 0. The summed E-state index contributed by atoms with van der Waals surface area (Å²) in [5.74, 6) is -0.118. The minimum atomic E-state index is -0.371. The number of carbonyl (C=O) groups is 1. The Balaban J connectivity index is 2.98. The van der Waals surface area contributed by atoms with Crippen molar-refractivity contribution in [1.82, 2.24) is 0 Å². The first kappa shape index (κ1) is 10.6. The number of halogens is 1. The number of hydrogen-bond acceptors (Lipinski definition) is 3. The second kappa shape index (κ2) is 4.64. The zero-order valence-corrected chi connectivity index (χ0v) is 8.34. The van der Waals surface area contributed by atoms with Crippen molar-refractivity contribution < 1.29 is 9.53 Å². The van der Waals surface area contributed by atoms with Gasteiger partial charge in [0.15, 0.2) is 0 Å². The lowest BCUT2D eigenvalue weighted by Crippen LogP contribution is -2.06. The van der Waals surface area contributed by atoms with Crippen LogP contribution in [-0.2, 0) is 4.79 Å². The van der Waals surface area contributed by atoms with Crippen molar-refractivity contribution in [2.24, 2.45) is 0 Å². The van der Waals surface area contributed by atoms with Crippen LogP contribution in [0.2, 0.25) is 5.02 Å². The molecule has 0 aliphatic rings. The first-order valence-electron chi connectivity index (χ1n) is 4.07. The summed E-state index contributed by atoms with van der Waals surface area (Å²) in [5, 5.41) is 9.17. The van der Waals surface area contributed by atoms with E-state index in [1.54, 1.807) is 13.0 Å². The molecule has 0 atom stereocenters. The van der Waals surface area contributed by atoms with Gasteiger partial charge in [0, 0.05) is 11.4 Å². The third-order valence-electron chi connectivity index (χ3n) is 1.57. The zero-order chi connectivity index (χ0) is 10.6. The molecule has 72 valence electrons. The van der Waals surface area contributed by atoms with Gasteiger partial charge in [-0.1, -0.05) is 18.5 Å². The fraction of sp³-hybridized carbons (Fsp3) is 0.200. The minimum Gasteiger partial charge on any atom is -0.425 e. The number of hydrogen-bond donors (Lipinski definition) is 0. The quantitative estimate of drug-likeness (QED) is 0.556. The van der Waals surface area contributed by atoms with Crippen LogP contribution < -0.4 is 4.74 Å². The minimum absolute atomic E-state index is 0.253. The molecule has 0 N–H and O–H groups in total. The second-order valence-electron chi connectivity index (χ2n) is 2.58. The van der Waals surface area contributed by atoms with E-state index in [2.05, 4.69) is 0 Å². The second-order valence-corrected chi connectivity index (χ2v) is 3.02. The van der Waals surface area contributed by atoms with E-state index in [-0.39, 0.29) is 23.7 Å². The van der Waals surface area contributed by atoms with Crippen molar-refractivity contribution >= 4 is 17.6 Å². The van der Waals surface area contributed by atoms with Crippen LogP contribution in [-0.4, -0.2) is 5.97 Å². The highest BCUT2D eigenvalue weighted by molar-refractivity contribution is 6.30. The highest BCUT2D eigenvalue weighted by Crippen LogP contribution is 2.22. The summed E-state index contributed by atoms with van der Waals surface area (Å²) in [6, 6.07) is 6.44. The molecule has 1 aromatic rings. The van der Waals surface area contributed by atoms with E-state index in [1.165, 1.54) is 12.1 Å². The van der Waals surface area contributed by atoms with Crippen molar-refractivity contribution in [2.45, 2.75) is 13.3 Å². The first-order valence-corrected chi connectivity index (χ1v) is 4.45. The van der Waals surface area contributed by atoms with Gasteiger partial charge in [-0.25, -0.2) is 0 Å². The van der Waals surface area contributed by atoms with E-state index in [4.69, 9.17) is 21.6 Å². The standard InChI is InChI=1S/C10H8ClNO2/c1-2-10(13)14-9-4-3-8(11)5-7(9)6-12/h3-5H,2H2,1H3. The summed E-state index contributed by atoms with van der Waals surface area (Å²) in [4.78, 5) is 11.0. The van der Waals surface area contributed by atoms with Gasteiger partial charge in [-0.15, -0.1) is 0 Å². The summed E-state index contributed by atoms with van der Waals surface area (Å²) in [6.45, 7) is 1.68. The van der Waals surface area contributed by atoms with Gasteiger partial charge >= 0.3 is 5.97 Å². The van der Waals surface area contributed by atoms with Gasteiger partial charge in [-0.3, -0.25) is 4.79 Å². The number of nitrogens with zero attached hydrogens (tertiary/aromatic N) is 1. The highest BCUT2D eigenvalue weighted by atomic mass is 35.5. The molecule has 0 aromatic heterocycles. The molecule has 0 saturated heterocycles. The molecule has 1 rings (SSSR count). The van der Waals surface area contributed by atoms with Crippen molar-refractivity contribution in [1.29, 1.82) is 5.26 Å². The van der Waals surface area contributed by atoms with Crippen molar-refractivity contribution in [3.63, 3.8) is 0 Å². The van der Waals surface area contributed by atoms with Gasteiger partial charge in [0.05, 0.1) is 5.56 Å². The van der Waals surface area contributed by atoms with E-state index in [1.807, 2.05) is 6.07 Å². The number of benzene rings is 1. The molecule has 0 bridgehead atoms. The third-order valence-corrected chi connectivity index (χ3v) is 1.81. The van der Waals surface area contributed by atoms with Crippen LogP contribution in [0.25, 0.3) is 0 Å². The Labute approximate surface area is 86.9 Å². The van der Waals surface area contributed by atoms with Gasteiger partial charge in [0.1, 0.15) is 11.8 Å². The first-order chi connectivity index (χ1) is 6.67. The van der Waals surface area contributed by atoms with E-state index >= 15 is 0 Å². The fourth-order valence-corrected chi connectivity index (χ4v) is 1.05. The van der Waals surface area contributed by atoms with Crippen LogP contribution in [0, 0.1) is 11.3 Å². The van der Waals surface area contributed by atoms with Crippen molar-refractivity contribution in [3.8, 4) is 11.8 Å². The molecule has 0 aliphatic carbocycles.